The van der Waals surface area contributed by atoms with Crippen LogP contribution in [-0.4, -0.2) is 18.5 Å². The molecule has 22 heavy (non-hydrogen) atoms. The summed E-state index contributed by atoms with van der Waals surface area (Å²) >= 11 is 0. The minimum Gasteiger partial charge on any atom is -0.368 e. The molecule has 1 aliphatic rings. The van der Waals surface area contributed by atoms with Gasteiger partial charge in [-0.25, -0.2) is 4.39 Å². The highest BCUT2D eigenvalue weighted by Crippen LogP contribution is 2.31. The van der Waals surface area contributed by atoms with Crippen molar-refractivity contribution in [2.24, 2.45) is 0 Å². The Bertz CT molecular complexity index is 686. The van der Waals surface area contributed by atoms with Crippen LogP contribution in [0, 0.1) is 5.82 Å². The topological polar surface area (TPSA) is 32.3 Å². The smallest absolute Gasteiger partial charge is 0.226 e. The average Bonchev–Trinajstić information content (AvgIpc) is 2.83. The van der Waals surface area contributed by atoms with Crippen LogP contribution in [0.25, 0.3) is 0 Å². The molecule has 0 fully saturated rings. The van der Waals surface area contributed by atoms with Gasteiger partial charge in [-0.2, -0.15) is 0 Å². The molecule has 2 aromatic rings. The number of anilines is 2. The van der Waals surface area contributed by atoms with E-state index in [4.69, 9.17) is 0 Å². The van der Waals surface area contributed by atoms with E-state index in [9.17, 15) is 9.18 Å². The lowest BCUT2D eigenvalue weighted by Gasteiger charge is -2.24. The van der Waals surface area contributed by atoms with Crippen LogP contribution in [0.1, 0.15) is 18.9 Å². The SMILES string of the molecule is CC1Cc2ccccc2N1CCC(=O)Nc1ccccc1F. The van der Waals surface area contributed by atoms with Crippen molar-refractivity contribution in [3.8, 4) is 0 Å². The Balaban J connectivity index is 1.61. The van der Waals surface area contributed by atoms with Crippen LogP contribution in [0.4, 0.5) is 15.8 Å². The van der Waals surface area contributed by atoms with Crippen molar-refractivity contribution in [1.82, 2.24) is 0 Å². The molecule has 0 spiro atoms. The van der Waals surface area contributed by atoms with Gasteiger partial charge in [0.05, 0.1) is 5.69 Å². The molecular weight excluding hydrogens is 279 g/mol. The van der Waals surface area contributed by atoms with E-state index in [0.717, 1.165) is 6.42 Å². The Morgan fingerprint density at radius 2 is 1.95 bits per heavy atom. The van der Waals surface area contributed by atoms with Gasteiger partial charge in [0.1, 0.15) is 5.82 Å². The number of hydrogen-bond acceptors (Lipinski definition) is 2. The van der Waals surface area contributed by atoms with Gasteiger partial charge >= 0.3 is 0 Å². The summed E-state index contributed by atoms with van der Waals surface area (Å²) in [6, 6.07) is 14.9. The third-order valence-electron chi connectivity index (χ3n) is 4.08. The molecule has 1 N–H and O–H groups in total. The van der Waals surface area contributed by atoms with Gasteiger partial charge in [-0.3, -0.25) is 4.79 Å². The second-order valence-corrected chi connectivity index (χ2v) is 5.65. The number of fused-ring (bicyclic) bond motifs is 1. The number of amides is 1. The van der Waals surface area contributed by atoms with Gasteiger partial charge in [-0.05, 0) is 37.1 Å². The average molecular weight is 298 g/mol. The maximum Gasteiger partial charge on any atom is 0.226 e. The molecule has 1 aliphatic heterocycles. The number of nitrogens with zero attached hydrogens (tertiary/aromatic N) is 1. The van der Waals surface area contributed by atoms with Crippen molar-refractivity contribution >= 4 is 17.3 Å². The van der Waals surface area contributed by atoms with Crippen molar-refractivity contribution in [2.75, 3.05) is 16.8 Å². The lowest BCUT2D eigenvalue weighted by Crippen LogP contribution is -2.32. The number of hydrogen-bond donors (Lipinski definition) is 1. The molecule has 3 nitrogen and oxygen atoms in total. The Kier molecular flexibility index (Phi) is 4.09. The summed E-state index contributed by atoms with van der Waals surface area (Å²) in [5.41, 5.74) is 2.76. The van der Waals surface area contributed by atoms with E-state index in [1.807, 2.05) is 12.1 Å². The van der Waals surface area contributed by atoms with Gasteiger partial charge in [0.15, 0.2) is 0 Å². The standard InChI is InChI=1S/C18H19FN2O/c1-13-12-14-6-2-5-9-17(14)21(13)11-10-18(22)20-16-8-4-3-7-15(16)19/h2-9,13H,10-12H2,1H3,(H,20,22). The quantitative estimate of drug-likeness (QED) is 0.935. The van der Waals surface area contributed by atoms with E-state index in [-0.39, 0.29) is 11.6 Å². The van der Waals surface area contributed by atoms with E-state index in [0.29, 0.717) is 19.0 Å². The molecule has 3 rings (SSSR count). The molecule has 1 unspecified atom stereocenters. The van der Waals surface area contributed by atoms with Crippen molar-refractivity contribution < 1.29 is 9.18 Å². The molecule has 0 saturated heterocycles. The molecule has 1 amide bonds. The number of para-hydroxylation sites is 2. The summed E-state index contributed by atoms with van der Waals surface area (Å²) < 4.78 is 13.5. The number of carbonyl (C=O) groups excluding carboxylic acids is 1. The van der Waals surface area contributed by atoms with Crippen LogP contribution >= 0.6 is 0 Å². The van der Waals surface area contributed by atoms with Crippen LogP contribution in [0.3, 0.4) is 0 Å². The number of benzene rings is 2. The summed E-state index contributed by atoms with van der Waals surface area (Å²) in [5, 5.41) is 2.63. The molecule has 1 heterocycles. The van der Waals surface area contributed by atoms with Crippen LogP contribution in [-0.2, 0) is 11.2 Å². The molecule has 0 radical (unpaired) electrons. The molecule has 4 heteroatoms. The van der Waals surface area contributed by atoms with E-state index in [2.05, 4.69) is 29.3 Å². The first-order valence-electron chi connectivity index (χ1n) is 7.54. The van der Waals surface area contributed by atoms with Crippen LogP contribution in [0.2, 0.25) is 0 Å². The van der Waals surface area contributed by atoms with Gasteiger partial charge in [0.25, 0.3) is 0 Å². The van der Waals surface area contributed by atoms with E-state index >= 15 is 0 Å². The Hall–Kier alpha value is -2.36. The van der Waals surface area contributed by atoms with Crippen LogP contribution in [0.5, 0.6) is 0 Å². The predicted octanol–water partition coefficient (Wildman–Crippen LogP) is 3.61. The lowest BCUT2D eigenvalue weighted by atomic mass is 10.1. The maximum atomic E-state index is 13.5. The Morgan fingerprint density at radius 1 is 1.23 bits per heavy atom. The van der Waals surface area contributed by atoms with Gasteiger partial charge in [0.2, 0.25) is 5.91 Å². The van der Waals surface area contributed by atoms with Crippen molar-refractivity contribution in [2.45, 2.75) is 25.8 Å². The van der Waals surface area contributed by atoms with Crippen LogP contribution in [0.15, 0.2) is 48.5 Å². The summed E-state index contributed by atoms with van der Waals surface area (Å²) in [6.45, 7) is 2.80. The molecular formula is C18H19FN2O. The monoisotopic (exact) mass is 298 g/mol. The number of halogens is 1. The zero-order valence-electron chi connectivity index (χ0n) is 12.6. The summed E-state index contributed by atoms with van der Waals surface area (Å²) in [6.07, 6.45) is 1.35. The largest absolute Gasteiger partial charge is 0.368 e. The molecule has 0 aromatic heterocycles. The van der Waals surface area contributed by atoms with Crippen molar-refractivity contribution in [1.29, 1.82) is 0 Å². The Morgan fingerprint density at radius 3 is 2.77 bits per heavy atom. The molecule has 0 aliphatic carbocycles. The van der Waals surface area contributed by atoms with Crippen molar-refractivity contribution in [3.05, 3.63) is 59.9 Å². The summed E-state index contributed by atoms with van der Waals surface area (Å²) in [7, 11) is 0. The van der Waals surface area contributed by atoms with Gasteiger partial charge in [-0.15, -0.1) is 0 Å². The molecule has 0 bridgehead atoms. The summed E-state index contributed by atoms with van der Waals surface area (Å²) in [4.78, 5) is 14.3. The number of carbonyl (C=O) groups is 1. The van der Waals surface area contributed by atoms with Gasteiger partial charge in [-0.1, -0.05) is 30.3 Å². The number of rotatable bonds is 4. The van der Waals surface area contributed by atoms with Gasteiger partial charge < -0.3 is 10.2 Å². The van der Waals surface area contributed by atoms with Gasteiger partial charge in [0, 0.05) is 24.7 Å². The first-order chi connectivity index (χ1) is 10.6. The molecule has 1 atom stereocenters. The highest BCUT2D eigenvalue weighted by Gasteiger charge is 2.25. The second-order valence-electron chi connectivity index (χ2n) is 5.65. The lowest BCUT2D eigenvalue weighted by molar-refractivity contribution is -0.116. The first-order valence-corrected chi connectivity index (χ1v) is 7.54. The highest BCUT2D eigenvalue weighted by molar-refractivity contribution is 5.91. The fraction of sp³-hybridized carbons (Fsp3) is 0.278. The van der Waals surface area contributed by atoms with E-state index in [1.54, 1.807) is 18.2 Å². The fourth-order valence-electron chi connectivity index (χ4n) is 2.97. The van der Waals surface area contributed by atoms with E-state index in [1.165, 1.54) is 17.3 Å². The molecule has 2 aromatic carbocycles. The Labute approximate surface area is 129 Å². The minimum atomic E-state index is -0.407. The predicted molar refractivity (Wildman–Crippen MR) is 86.6 cm³/mol. The molecule has 114 valence electrons. The van der Waals surface area contributed by atoms with E-state index < -0.39 is 5.82 Å². The fourth-order valence-corrected chi connectivity index (χ4v) is 2.97. The van der Waals surface area contributed by atoms with Crippen molar-refractivity contribution in [3.63, 3.8) is 0 Å². The van der Waals surface area contributed by atoms with Crippen LogP contribution < -0.4 is 10.2 Å². The second kappa shape index (κ2) is 6.18. The maximum absolute atomic E-state index is 13.5. The summed E-state index contributed by atoms with van der Waals surface area (Å²) in [5.74, 6) is -0.572. The number of nitrogens with one attached hydrogen (secondary N) is 1. The third kappa shape index (κ3) is 2.96. The first kappa shape index (κ1) is 14.6. The zero-order chi connectivity index (χ0) is 15.5. The molecule has 0 saturated carbocycles. The highest BCUT2D eigenvalue weighted by atomic mass is 19.1. The third-order valence-corrected chi connectivity index (χ3v) is 4.08. The normalized spacial score (nSPS) is 16.5. The minimum absolute atomic E-state index is 0.165. The zero-order valence-corrected chi connectivity index (χ0v) is 12.6.